The number of carbonyl (C=O) groups excluding carboxylic acids is 1. The van der Waals surface area contributed by atoms with Crippen molar-refractivity contribution < 1.29 is 14.3 Å². The molecule has 156 valence electrons. The van der Waals surface area contributed by atoms with Gasteiger partial charge in [0, 0.05) is 28.5 Å². The quantitative estimate of drug-likeness (QED) is 0.585. The summed E-state index contributed by atoms with van der Waals surface area (Å²) >= 11 is 1.28. The van der Waals surface area contributed by atoms with E-state index in [0.717, 1.165) is 21.9 Å². The monoisotopic (exact) mass is 431 g/mol. The molecule has 7 heteroatoms. The second-order valence-electron chi connectivity index (χ2n) is 7.57. The molecule has 0 saturated carbocycles. The molecule has 1 aromatic carbocycles. The highest BCUT2D eigenvalue weighted by atomic mass is 32.1. The molecule has 0 radical (unpaired) electrons. The van der Waals surface area contributed by atoms with Gasteiger partial charge in [-0.2, -0.15) is 0 Å². The first kappa shape index (κ1) is 19.4. The lowest BCUT2D eigenvalue weighted by atomic mass is 10.0. The van der Waals surface area contributed by atoms with Crippen LogP contribution < -0.4 is 20.5 Å². The van der Waals surface area contributed by atoms with E-state index in [1.807, 2.05) is 55.5 Å². The number of rotatable bonds is 3. The molecule has 2 aliphatic rings. The molecule has 31 heavy (non-hydrogen) atoms. The average Bonchev–Trinajstić information content (AvgIpc) is 2.92. The average molecular weight is 432 g/mol. The molecule has 0 saturated heterocycles. The summed E-state index contributed by atoms with van der Waals surface area (Å²) in [4.78, 5) is 18.9. The van der Waals surface area contributed by atoms with Crippen LogP contribution in [0.15, 0.2) is 66.4 Å². The number of carbonyl (C=O) groups is 1. The van der Waals surface area contributed by atoms with Crippen molar-refractivity contribution >= 4 is 44.1 Å². The number of nitrogen functional groups attached to an aromatic ring is 1. The second-order valence-corrected chi connectivity index (χ2v) is 8.57. The fraction of sp³-hybridized carbons (Fsp3) is 0.167. The lowest BCUT2D eigenvalue weighted by Crippen LogP contribution is -2.22. The second kappa shape index (κ2) is 7.59. The lowest BCUT2D eigenvalue weighted by molar-refractivity contribution is 0.0972. The Morgan fingerprint density at radius 2 is 2.00 bits per heavy atom. The number of anilines is 1. The largest absolute Gasteiger partial charge is 0.486 e. The number of nitrogens with one attached hydrogen (secondary N) is 1. The molecule has 3 heterocycles. The Hall–Kier alpha value is -3.58. The standard InChI is InChI=1S/C24H21N3O3S/c1-13(2)14-5-3-4-6-16(9-14)26-23(28)22-21(25)17-10-15-11-19-20(30-8-7-29-19)12-18(15)27-24(17)31-22/h3-6,9-12,14H,1,7-8,25H2,2H3,(H,26,28). The lowest BCUT2D eigenvalue weighted by Gasteiger charge is -2.18. The van der Waals surface area contributed by atoms with Gasteiger partial charge < -0.3 is 20.5 Å². The van der Waals surface area contributed by atoms with Gasteiger partial charge in [0.15, 0.2) is 11.5 Å². The number of benzene rings is 1. The molecule has 6 nitrogen and oxygen atoms in total. The zero-order valence-electron chi connectivity index (χ0n) is 17.0. The number of nitrogens with zero attached hydrogens (tertiary/aromatic N) is 1. The molecule has 1 aliphatic carbocycles. The van der Waals surface area contributed by atoms with Gasteiger partial charge in [0.05, 0.1) is 11.2 Å². The minimum atomic E-state index is -0.256. The van der Waals surface area contributed by atoms with Crippen LogP contribution in [0, 0.1) is 5.92 Å². The van der Waals surface area contributed by atoms with Crippen LogP contribution >= 0.6 is 11.3 Å². The van der Waals surface area contributed by atoms with Crippen LogP contribution in [-0.4, -0.2) is 24.1 Å². The van der Waals surface area contributed by atoms with Gasteiger partial charge in [0.25, 0.3) is 5.91 Å². The highest BCUT2D eigenvalue weighted by molar-refractivity contribution is 7.21. The molecule has 3 N–H and O–H groups in total. The van der Waals surface area contributed by atoms with Crippen LogP contribution in [0.5, 0.6) is 11.5 Å². The first-order valence-electron chi connectivity index (χ1n) is 9.95. The fourth-order valence-electron chi connectivity index (χ4n) is 3.63. The first-order valence-corrected chi connectivity index (χ1v) is 10.8. The Kier molecular flexibility index (Phi) is 4.75. The molecule has 3 aromatic rings. The minimum absolute atomic E-state index is 0.0625. The molecule has 0 fully saturated rings. The van der Waals surface area contributed by atoms with Crippen LogP contribution in [0.4, 0.5) is 5.69 Å². The van der Waals surface area contributed by atoms with E-state index in [-0.39, 0.29) is 11.8 Å². The van der Waals surface area contributed by atoms with Crippen molar-refractivity contribution in [3.05, 3.63) is 71.3 Å². The van der Waals surface area contributed by atoms with Gasteiger partial charge in [-0.15, -0.1) is 11.3 Å². The summed E-state index contributed by atoms with van der Waals surface area (Å²) in [6, 6.07) is 5.72. The third-order valence-electron chi connectivity index (χ3n) is 5.27. The van der Waals surface area contributed by atoms with Gasteiger partial charge in [-0.25, -0.2) is 4.98 Å². The third kappa shape index (κ3) is 3.57. The number of thiophene rings is 1. The molecule has 0 spiro atoms. The number of allylic oxidation sites excluding steroid dienone is 6. The van der Waals surface area contributed by atoms with E-state index in [1.165, 1.54) is 11.3 Å². The Morgan fingerprint density at radius 1 is 1.23 bits per heavy atom. The highest BCUT2D eigenvalue weighted by Crippen LogP contribution is 2.39. The molecule has 2 aromatic heterocycles. The zero-order chi connectivity index (χ0) is 21.5. The van der Waals surface area contributed by atoms with E-state index in [2.05, 4.69) is 11.9 Å². The van der Waals surface area contributed by atoms with E-state index in [0.29, 0.717) is 45.8 Å². The maximum atomic E-state index is 13.0. The van der Waals surface area contributed by atoms with Crippen LogP contribution in [0.2, 0.25) is 0 Å². The van der Waals surface area contributed by atoms with Gasteiger partial charge in [-0.3, -0.25) is 4.79 Å². The molecular weight excluding hydrogens is 410 g/mol. The molecular formula is C24H21N3O3S. The number of pyridine rings is 1. The number of fused-ring (bicyclic) bond motifs is 3. The van der Waals surface area contributed by atoms with Crippen LogP contribution in [0.25, 0.3) is 21.1 Å². The normalized spacial score (nSPS) is 17.5. The van der Waals surface area contributed by atoms with Crippen molar-refractivity contribution in [1.29, 1.82) is 0 Å². The van der Waals surface area contributed by atoms with E-state index < -0.39 is 0 Å². The van der Waals surface area contributed by atoms with Crippen LogP contribution in [0.3, 0.4) is 0 Å². The van der Waals surface area contributed by atoms with Crippen molar-refractivity contribution in [2.24, 2.45) is 5.92 Å². The molecule has 1 unspecified atom stereocenters. The summed E-state index contributed by atoms with van der Waals surface area (Å²) in [7, 11) is 0. The summed E-state index contributed by atoms with van der Waals surface area (Å²) in [5.74, 6) is 1.18. The van der Waals surface area contributed by atoms with Gasteiger partial charge >= 0.3 is 0 Å². The molecule has 0 bridgehead atoms. The number of hydrogen-bond acceptors (Lipinski definition) is 6. The van der Waals surface area contributed by atoms with Crippen molar-refractivity contribution in [2.45, 2.75) is 6.92 Å². The van der Waals surface area contributed by atoms with Crippen molar-refractivity contribution in [1.82, 2.24) is 10.3 Å². The smallest absolute Gasteiger partial charge is 0.267 e. The Morgan fingerprint density at radius 3 is 2.77 bits per heavy atom. The fourth-order valence-corrected chi connectivity index (χ4v) is 4.61. The van der Waals surface area contributed by atoms with E-state index in [4.69, 9.17) is 20.2 Å². The maximum absolute atomic E-state index is 13.0. The topological polar surface area (TPSA) is 86.5 Å². The summed E-state index contributed by atoms with van der Waals surface area (Å²) < 4.78 is 11.3. The van der Waals surface area contributed by atoms with Crippen molar-refractivity contribution in [3.63, 3.8) is 0 Å². The number of hydrogen-bond donors (Lipinski definition) is 2. The third-order valence-corrected chi connectivity index (χ3v) is 6.39. The molecule has 1 aliphatic heterocycles. The maximum Gasteiger partial charge on any atom is 0.267 e. The molecule has 5 rings (SSSR count). The number of amides is 1. The summed E-state index contributed by atoms with van der Waals surface area (Å²) in [6.45, 7) is 7.01. The van der Waals surface area contributed by atoms with Gasteiger partial charge in [0.2, 0.25) is 0 Å². The first-order chi connectivity index (χ1) is 15.0. The van der Waals surface area contributed by atoms with Gasteiger partial charge in [-0.1, -0.05) is 30.4 Å². The number of ether oxygens (including phenoxy) is 2. The van der Waals surface area contributed by atoms with Crippen molar-refractivity contribution in [3.8, 4) is 11.5 Å². The highest BCUT2D eigenvalue weighted by Gasteiger charge is 2.20. The SMILES string of the molecule is C=C(C)C1C=CC=CC(NC(=O)c2sc3nc4cc5c(cc4cc3c2N)OCCO5)=C1. The van der Waals surface area contributed by atoms with E-state index in [9.17, 15) is 4.79 Å². The van der Waals surface area contributed by atoms with Gasteiger partial charge in [0.1, 0.15) is 22.9 Å². The Bertz CT molecular complexity index is 1330. The molecule has 1 amide bonds. The van der Waals surface area contributed by atoms with Crippen LogP contribution in [-0.2, 0) is 0 Å². The van der Waals surface area contributed by atoms with E-state index >= 15 is 0 Å². The Labute approximate surface area is 183 Å². The summed E-state index contributed by atoms with van der Waals surface area (Å²) in [5, 5.41) is 4.61. The molecule has 1 atom stereocenters. The minimum Gasteiger partial charge on any atom is -0.486 e. The summed E-state index contributed by atoms with van der Waals surface area (Å²) in [5.41, 5.74) is 9.28. The van der Waals surface area contributed by atoms with Crippen molar-refractivity contribution in [2.75, 3.05) is 18.9 Å². The van der Waals surface area contributed by atoms with Crippen LogP contribution in [0.1, 0.15) is 16.6 Å². The summed E-state index contributed by atoms with van der Waals surface area (Å²) in [6.07, 6.45) is 9.71. The predicted octanol–water partition coefficient (Wildman–Crippen LogP) is 4.73. The number of nitrogens with two attached hydrogens (primary N) is 1. The van der Waals surface area contributed by atoms with Gasteiger partial charge in [-0.05, 0) is 31.2 Å². The predicted molar refractivity (Wildman–Crippen MR) is 125 cm³/mol. The number of aromatic nitrogens is 1. The zero-order valence-corrected chi connectivity index (χ0v) is 17.8. The Balaban J connectivity index is 1.51. The van der Waals surface area contributed by atoms with E-state index in [1.54, 1.807) is 0 Å².